The van der Waals surface area contributed by atoms with Gasteiger partial charge in [0.05, 0.1) is 6.04 Å². The Morgan fingerprint density at radius 2 is 1.86 bits per heavy atom. The van der Waals surface area contributed by atoms with Crippen molar-refractivity contribution in [1.29, 1.82) is 0 Å². The molecule has 1 amide bonds. The Balaban J connectivity index is 0.00000420. The molecule has 0 aromatic carbocycles. The number of guanidine groups is 1. The first-order valence-corrected chi connectivity index (χ1v) is 11.0. The molecular weight excluding hydrogens is 481 g/mol. The number of halogens is 1. The summed E-state index contributed by atoms with van der Waals surface area (Å²) >= 11 is 0. The van der Waals surface area contributed by atoms with E-state index in [0.717, 1.165) is 57.4 Å². The molecule has 29 heavy (non-hydrogen) atoms. The van der Waals surface area contributed by atoms with Crippen molar-refractivity contribution in [3.05, 3.63) is 0 Å². The molecule has 8 heteroatoms. The average molecular weight is 524 g/mol. The SMILES string of the molecule is CCNC(=NCCCN1CCC(C)CC1)N1CCC(NC(=O)OC(C)(C)C)C1.I. The van der Waals surface area contributed by atoms with E-state index in [9.17, 15) is 4.79 Å². The number of amides is 1. The normalized spacial score (nSPS) is 21.6. The molecule has 2 fully saturated rings. The second kappa shape index (κ2) is 12.8. The van der Waals surface area contributed by atoms with Gasteiger partial charge < -0.3 is 25.2 Å². The highest BCUT2D eigenvalue weighted by Crippen LogP contribution is 2.16. The van der Waals surface area contributed by atoms with Crippen LogP contribution in [0.4, 0.5) is 4.79 Å². The predicted octanol–water partition coefficient (Wildman–Crippen LogP) is 3.29. The zero-order valence-corrected chi connectivity index (χ0v) is 21.3. The number of alkyl carbamates (subject to hydrolysis) is 1. The van der Waals surface area contributed by atoms with Gasteiger partial charge in [0.1, 0.15) is 5.60 Å². The Hall–Kier alpha value is -0.770. The lowest BCUT2D eigenvalue weighted by Crippen LogP contribution is -2.44. The minimum Gasteiger partial charge on any atom is -0.444 e. The molecule has 170 valence electrons. The summed E-state index contributed by atoms with van der Waals surface area (Å²) in [6, 6.07) is 0.106. The van der Waals surface area contributed by atoms with Crippen LogP contribution in [-0.2, 0) is 4.74 Å². The van der Waals surface area contributed by atoms with E-state index < -0.39 is 5.60 Å². The lowest BCUT2D eigenvalue weighted by atomic mass is 9.99. The Morgan fingerprint density at radius 3 is 2.48 bits per heavy atom. The summed E-state index contributed by atoms with van der Waals surface area (Å²) in [5.74, 6) is 1.84. The number of rotatable bonds is 6. The van der Waals surface area contributed by atoms with Gasteiger partial charge in [-0.05, 0) is 78.9 Å². The number of nitrogens with zero attached hydrogens (tertiary/aromatic N) is 3. The largest absolute Gasteiger partial charge is 0.444 e. The summed E-state index contributed by atoms with van der Waals surface area (Å²) in [6.45, 7) is 17.1. The van der Waals surface area contributed by atoms with Crippen LogP contribution in [0.2, 0.25) is 0 Å². The number of aliphatic imine (C=N–C) groups is 1. The van der Waals surface area contributed by atoms with Gasteiger partial charge >= 0.3 is 6.09 Å². The number of likely N-dealkylation sites (tertiary alicyclic amines) is 2. The Labute approximate surface area is 194 Å². The van der Waals surface area contributed by atoms with Crippen molar-refractivity contribution in [2.24, 2.45) is 10.9 Å². The van der Waals surface area contributed by atoms with Crippen molar-refractivity contribution in [3.63, 3.8) is 0 Å². The van der Waals surface area contributed by atoms with Crippen LogP contribution in [0.25, 0.3) is 0 Å². The van der Waals surface area contributed by atoms with E-state index in [0.29, 0.717) is 0 Å². The van der Waals surface area contributed by atoms with E-state index in [2.05, 4.69) is 34.3 Å². The van der Waals surface area contributed by atoms with E-state index in [1.54, 1.807) is 0 Å². The van der Waals surface area contributed by atoms with Crippen LogP contribution in [0.1, 0.15) is 60.3 Å². The molecule has 0 bridgehead atoms. The smallest absolute Gasteiger partial charge is 0.407 e. The third kappa shape index (κ3) is 10.2. The minimum absolute atomic E-state index is 0. The van der Waals surface area contributed by atoms with Gasteiger partial charge in [0.25, 0.3) is 0 Å². The monoisotopic (exact) mass is 523 g/mol. The topological polar surface area (TPSA) is 69.2 Å². The lowest BCUT2D eigenvalue weighted by molar-refractivity contribution is 0.0507. The Bertz CT molecular complexity index is 516. The van der Waals surface area contributed by atoms with E-state index in [1.165, 1.54) is 25.9 Å². The van der Waals surface area contributed by atoms with Gasteiger partial charge in [-0.25, -0.2) is 4.79 Å². The van der Waals surface area contributed by atoms with Crippen molar-refractivity contribution in [2.75, 3.05) is 45.8 Å². The van der Waals surface area contributed by atoms with Crippen LogP contribution in [-0.4, -0.2) is 79.3 Å². The van der Waals surface area contributed by atoms with Crippen molar-refractivity contribution in [2.45, 2.75) is 71.9 Å². The van der Waals surface area contributed by atoms with E-state index in [4.69, 9.17) is 9.73 Å². The van der Waals surface area contributed by atoms with E-state index >= 15 is 0 Å². The summed E-state index contributed by atoms with van der Waals surface area (Å²) in [4.78, 5) is 21.6. The van der Waals surface area contributed by atoms with Gasteiger partial charge in [-0.3, -0.25) is 4.99 Å². The van der Waals surface area contributed by atoms with Crippen molar-refractivity contribution < 1.29 is 9.53 Å². The van der Waals surface area contributed by atoms with Crippen LogP contribution < -0.4 is 10.6 Å². The van der Waals surface area contributed by atoms with Crippen molar-refractivity contribution in [1.82, 2.24) is 20.4 Å². The minimum atomic E-state index is -0.467. The third-order valence-corrected chi connectivity index (χ3v) is 5.31. The summed E-state index contributed by atoms with van der Waals surface area (Å²) in [6.07, 6.45) is 4.32. The fraction of sp³-hybridized carbons (Fsp3) is 0.905. The van der Waals surface area contributed by atoms with Crippen LogP contribution >= 0.6 is 24.0 Å². The maximum atomic E-state index is 12.0. The Morgan fingerprint density at radius 1 is 1.17 bits per heavy atom. The van der Waals surface area contributed by atoms with Crippen LogP contribution in [0.3, 0.4) is 0 Å². The first-order valence-electron chi connectivity index (χ1n) is 11.0. The molecule has 2 saturated heterocycles. The quantitative estimate of drug-likeness (QED) is 0.242. The molecule has 0 aromatic heterocycles. The molecule has 0 radical (unpaired) electrons. The first-order chi connectivity index (χ1) is 13.3. The van der Waals surface area contributed by atoms with E-state index in [-0.39, 0.29) is 36.1 Å². The number of ether oxygens (including phenoxy) is 1. The van der Waals surface area contributed by atoms with Gasteiger partial charge in [0.2, 0.25) is 0 Å². The molecule has 0 aliphatic carbocycles. The summed E-state index contributed by atoms with van der Waals surface area (Å²) in [5, 5.41) is 6.38. The number of hydrogen-bond donors (Lipinski definition) is 2. The van der Waals surface area contributed by atoms with Gasteiger partial charge in [-0.2, -0.15) is 0 Å². The average Bonchev–Trinajstić information content (AvgIpc) is 3.05. The second-order valence-electron chi connectivity index (χ2n) is 9.19. The number of carbonyl (C=O) groups is 1. The van der Waals surface area contributed by atoms with Gasteiger partial charge in [0.15, 0.2) is 5.96 Å². The van der Waals surface area contributed by atoms with Crippen LogP contribution in [0.5, 0.6) is 0 Å². The van der Waals surface area contributed by atoms with E-state index in [1.807, 2.05) is 20.8 Å². The van der Waals surface area contributed by atoms with Crippen molar-refractivity contribution in [3.8, 4) is 0 Å². The molecule has 2 aliphatic rings. The molecule has 2 rings (SSSR count). The van der Waals surface area contributed by atoms with Gasteiger partial charge in [0, 0.05) is 26.2 Å². The Kier molecular flexibility index (Phi) is 11.6. The van der Waals surface area contributed by atoms with Crippen molar-refractivity contribution >= 4 is 36.0 Å². The third-order valence-electron chi connectivity index (χ3n) is 5.31. The summed E-state index contributed by atoms with van der Waals surface area (Å²) in [5.41, 5.74) is -0.467. The molecule has 2 heterocycles. The first kappa shape index (κ1) is 26.3. The second-order valence-corrected chi connectivity index (χ2v) is 9.19. The molecule has 1 atom stereocenters. The standard InChI is InChI=1S/C21H41N5O2.HI/c1-6-22-19(23-11-7-12-25-13-8-17(2)9-14-25)26-15-10-18(16-26)24-20(27)28-21(3,4)5;/h17-18H,6-16H2,1-5H3,(H,22,23)(H,24,27);1H. The predicted molar refractivity (Wildman–Crippen MR) is 130 cm³/mol. The molecule has 2 aliphatic heterocycles. The highest BCUT2D eigenvalue weighted by molar-refractivity contribution is 14.0. The van der Waals surface area contributed by atoms with Gasteiger partial charge in [-0.1, -0.05) is 6.92 Å². The number of carbonyl (C=O) groups excluding carboxylic acids is 1. The maximum Gasteiger partial charge on any atom is 0.407 e. The highest BCUT2D eigenvalue weighted by Gasteiger charge is 2.27. The van der Waals surface area contributed by atoms with Crippen LogP contribution in [0, 0.1) is 5.92 Å². The fourth-order valence-electron chi connectivity index (χ4n) is 3.74. The summed E-state index contributed by atoms with van der Waals surface area (Å²) < 4.78 is 5.37. The lowest BCUT2D eigenvalue weighted by Gasteiger charge is -2.30. The summed E-state index contributed by atoms with van der Waals surface area (Å²) in [7, 11) is 0. The number of piperidine rings is 1. The van der Waals surface area contributed by atoms with Crippen LogP contribution in [0.15, 0.2) is 4.99 Å². The van der Waals surface area contributed by atoms with Gasteiger partial charge in [-0.15, -0.1) is 24.0 Å². The molecule has 0 aromatic rings. The molecule has 0 saturated carbocycles. The number of hydrogen-bond acceptors (Lipinski definition) is 4. The maximum absolute atomic E-state index is 12.0. The highest BCUT2D eigenvalue weighted by atomic mass is 127. The zero-order valence-electron chi connectivity index (χ0n) is 19.0. The molecule has 0 spiro atoms. The fourth-order valence-corrected chi connectivity index (χ4v) is 3.74. The molecule has 1 unspecified atom stereocenters. The zero-order chi connectivity index (χ0) is 20.6. The molecular formula is C21H42IN5O2. The number of nitrogens with one attached hydrogen (secondary N) is 2. The molecule has 7 nitrogen and oxygen atoms in total. The molecule has 2 N–H and O–H groups in total.